The summed E-state index contributed by atoms with van der Waals surface area (Å²) >= 11 is 0. The summed E-state index contributed by atoms with van der Waals surface area (Å²) in [6.07, 6.45) is 24.7. The Morgan fingerprint density at radius 3 is 1.83 bits per heavy atom. The highest BCUT2D eigenvalue weighted by molar-refractivity contribution is 4.81. The molecule has 0 saturated carbocycles. The zero-order chi connectivity index (χ0) is 17.2. The molecule has 136 valence electrons. The second-order valence-electron chi connectivity index (χ2n) is 7.31. The molecule has 0 rings (SSSR count). The molecular formula is C23H44. The molecule has 2 atom stereocenters. The lowest BCUT2D eigenvalue weighted by Gasteiger charge is -2.23. The van der Waals surface area contributed by atoms with Gasteiger partial charge >= 0.3 is 0 Å². The van der Waals surface area contributed by atoms with Crippen LogP contribution in [0.1, 0.15) is 110 Å². The Bertz CT molecular complexity index is 240. The summed E-state index contributed by atoms with van der Waals surface area (Å²) in [6.45, 7) is 12.6. The van der Waals surface area contributed by atoms with Crippen molar-refractivity contribution in [1.29, 1.82) is 0 Å². The maximum Gasteiger partial charge on any atom is -0.0351 e. The van der Waals surface area contributed by atoms with E-state index >= 15 is 0 Å². The predicted octanol–water partition coefficient (Wildman–Crippen LogP) is 8.33. The third kappa shape index (κ3) is 15.0. The van der Waals surface area contributed by atoms with E-state index in [4.69, 9.17) is 0 Å². The summed E-state index contributed by atoms with van der Waals surface area (Å²) in [6, 6.07) is 0. The largest absolute Gasteiger partial charge is 0.0885 e. The van der Waals surface area contributed by atoms with Crippen LogP contribution in [0.5, 0.6) is 0 Å². The summed E-state index contributed by atoms with van der Waals surface area (Å²) in [5, 5.41) is 0. The number of allylic oxidation sites excluding steroid dienone is 2. The van der Waals surface area contributed by atoms with Crippen LogP contribution in [-0.4, -0.2) is 0 Å². The average Bonchev–Trinajstić information content (AvgIpc) is 2.57. The first-order chi connectivity index (χ1) is 11.3. The number of rotatable bonds is 17. The maximum absolute atomic E-state index is 3.93. The Balaban J connectivity index is 3.73. The van der Waals surface area contributed by atoms with Gasteiger partial charge in [0.1, 0.15) is 0 Å². The highest BCUT2D eigenvalue weighted by Crippen LogP contribution is 2.27. The quantitative estimate of drug-likeness (QED) is 0.186. The molecule has 0 saturated heterocycles. The van der Waals surface area contributed by atoms with Gasteiger partial charge in [0.2, 0.25) is 0 Å². The molecule has 0 aromatic rings. The maximum atomic E-state index is 3.93. The smallest absolute Gasteiger partial charge is 0.0351 e. The molecular weight excluding hydrogens is 276 g/mol. The van der Waals surface area contributed by atoms with Crippen LogP contribution in [0.4, 0.5) is 0 Å². The number of hydrogen-bond acceptors (Lipinski definition) is 0. The minimum Gasteiger partial charge on any atom is -0.0885 e. The van der Waals surface area contributed by atoms with Gasteiger partial charge in [-0.25, -0.2) is 0 Å². The normalized spacial score (nSPS) is 14.4. The van der Waals surface area contributed by atoms with Crippen molar-refractivity contribution < 1.29 is 0 Å². The SMILES string of the molecule is [CH2]CCC/C=C/CCCCC(CCCCCCC[CH2])C(C)CC. The molecule has 0 aliphatic rings. The predicted molar refractivity (Wildman–Crippen MR) is 107 cm³/mol. The fraction of sp³-hybridized carbons (Fsp3) is 0.826. The highest BCUT2D eigenvalue weighted by atomic mass is 14.2. The van der Waals surface area contributed by atoms with Gasteiger partial charge in [0.05, 0.1) is 0 Å². The third-order valence-corrected chi connectivity index (χ3v) is 5.26. The molecule has 2 unspecified atom stereocenters. The molecule has 0 aliphatic heterocycles. The van der Waals surface area contributed by atoms with Crippen LogP contribution in [0.2, 0.25) is 0 Å². The van der Waals surface area contributed by atoms with Gasteiger partial charge in [-0.05, 0) is 37.5 Å². The first-order valence-electron chi connectivity index (χ1n) is 10.5. The van der Waals surface area contributed by atoms with Crippen molar-refractivity contribution in [3.05, 3.63) is 26.0 Å². The molecule has 0 nitrogen and oxygen atoms in total. The van der Waals surface area contributed by atoms with Crippen molar-refractivity contribution in [2.24, 2.45) is 11.8 Å². The van der Waals surface area contributed by atoms with Crippen LogP contribution in [0.25, 0.3) is 0 Å². The lowest BCUT2D eigenvalue weighted by atomic mass is 9.83. The van der Waals surface area contributed by atoms with E-state index < -0.39 is 0 Å². The van der Waals surface area contributed by atoms with E-state index in [9.17, 15) is 0 Å². The van der Waals surface area contributed by atoms with Gasteiger partial charge in [0.15, 0.2) is 0 Å². The molecule has 0 bridgehead atoms. The Morgan fingerprint density at radius 2 is 1.22 bits per heavy atom. The van der Waals surface area contributed by atoms with E-state index in [2.05, 4.69) is 39.8 Å². The Kier molecular flexibility index (Phi) is 17.9. The van der Waals surface area contributed by atoms with Crippen LogP contribution in [0.3, 0.4) is 0 Å². The van der Waals surface area contributed by atoms with Crippen LogP contribution in [-0.2, 0) is 0 Å². The van der Waals surface area contributed by atoms with Crippen LogP contribution in [0.15, 0.2) is 12.2 Å². The first kappa shape index (κ1) is 22.7. The van der Waals surface area contributed by atoms with Crippen molar-refractivity contribution in [3.8, 4) is 0 Å². The third-order valence-electron chi connectivity index (χ3n) is 5.26. The van der Waals surface area contributed by atoms with Gasteiger partial charge in [0, 0.05) is 0 Å². The van der Waals surface area contributed by atoms with Crippen LogP contribution >= 0.6 is 0 Å². The topological polar surface area (TPSA) is 0 Å². The highest BCUT2D eigenvalue weighted by Gasteiger charge is 2.14. The fourth-order valence-corrected chi connectivity index (χ4v) is 3.33. The molecule has 0 heterocycles. The Morgan fingerprint density at radius 1 is 0.696 bits per heavy atom. The lowest BCUT2D eigenvalue weighted by Crippen LogP contribution is -2.11. The number of hydrogen-bond donors (Lipinski definition) is 0. The van der Waals surface area contributed by atoms with Crippen LogP contribution in [0, 0.1) is 25.7 Å². The fourth-order valence-electron chi connectivity index (χ4n) is 3.33. The van der Waals surface area contributed by atoms with Crippen molar-refractivity contribution >= 4 is 0 Å². The van der Waals surface area contributed by atoms with Gasteiger partial charge in [-0.3, -0.25) is 0 Å². The van der Waals surface area contributed by atoms with Crippen molar-refractivity contribution in [2.45, 2.75) is 110 Å². The first-order valence-corrected chi connectivity index (χ1v) is 10.5. The van der Waals surface area contributed by atoms with Gasteiger partial charge in [0.25, 0.3) is 0 Å². The standard InChI is InChI=1S/C23H44/c1-5-8-10-12-14-15-17-19-21-23(22(4)7-3)20-18-16-13-11-9-6-2/h12,14,22-23H,1-2,5-11,13,15-21H2,3-4H3/b14-12+. The monoisotopic (exact) mass is 320 g/mol. The van der Waals surface area contributed by atoms with Crippen LogP contribution < -0.4 is 0 Å². The zero-order valence-corrected chi connectivity index (χ0v) is 16.3. The summed E-state index contributed by atoms with van der Waals surface area (Å²) < 4.78 is 0. The zero-order valence-electron chi connectivity index (χ0n) is 16.3. The molecule has 23 heavy (non-hydrogen) atoms. The van der Waals surface area contributed by atoms with E-state index in [1.807, 2.05) is 0 Å². The van der Waals surface area contributed by atoms with E-state index in [-0.39, 0.29) is 0 Å². The summed E-state index contributed by atoms with van der Waals surface area (Å²) in [7, 11) is 0. The second-order valence-corrected chi connectivity index (χ2v) is 7.31. The molecule has 0 amide bonds. The van der Waals surface area contributed by atoms with E-state index in [1.165, 1.54) is 83.5 Å². The Labute approximate surface area is 148 Å². The van der Waals surface area contributed by atoms with Gasteiger partial charge in [-0.2, -0.15) is 0 Å². The molecule has 0 fully saturated rings. The van der Waals surface area contributed by atoms with Gasteiger partial charge in [-0.15, -0.1) is 0 Å². The number of unbranched alkanes of at least 4 members (excludes halogenated alkanes) is 9. The van der Waals surface area contributed by atoms with Crippen molar-refractivity contribution in [1.82, 2.24) is 0 Å². The minimum atomic E-state index is 0.905. The molecule has 2 radical (unpaired) electrons. The van der Waals surface area contributed by atoms with Crippen molar-refractivity contribution in [3.63, 3.8) is 0 Å². The lowest BCUT2D eigenvalue weighted by molar-refractivity contribution is 0.289. The van der Waals surface area contributed by atoms with Gasteiger partial charge in [-0.1, -0.05) is 110 Å². The molecule has 0 N–H and O–H groups in total. The van der Waals surface area contributed by atoms with E-state index in [0.29, 0.717) is 0 Å². The Hall–Kier alpha value is -0.260. The molecule has 0 aliphatic carbocycles. The summed E-state index contributed by atoms with van der Waals surface area (Å²) in [5.41, 5.74) is 0. The van der Waals surface area contributed by atoms with E-state index in [1.54, 1.807) is 0 Å². The minimum absolute atomic E-state index is 0.905. The second kappa shape index (κ2) is 18.1. The summed E-state index contributed by atoms with van der Waals surface area (Å²) in [5.74, 6) is 1.87. The molecule has 0 heteroatoms. The van der Waals surface area contributed by atoms with E-state index in [0.717, 1.165) is 24.7 Å². The average molecular weight is 321 g/mol. The van der Waals surface area contributed by atoms with Gasteiger partial charge < -0.3 is 0 Å². The van der Waals surface area contributed by atoms with Crippen molar-refractivity contribution in [2.75, 3.05) is 0 Å². The molecule has 0 spiro atoms. The summed E-state index contributed by atoms with van der Waals surface area (Å²) in [4.78, 5) is 0. The molecule has 0 aromatic heterocycles. The molecule has 0 aromatic carbocycles.